The predicted octanol–water partition coefficient (Wildman–Crippen LogP) is 3.59. The fraction of sp³-hybridized carbons (Fsp3) is 0.600. The van der Waals surface area contributed by atoms with E-state index in [1.54, 1.807) is 0 Å². The summed E-state index contributed by atoms with van der Waals surface area (Å²) in [6.07, 6.45) is 8.63. The van der Waals surface area contributed by atoms with Crippen LogP contribution in [0.1, 0.15) is 44.1 Å². The Balaban J connectivity index is 1.68. The van der Waals surface area contributed by atoms with Crippen LogP contribution in [0.15, 0.2) is 30.3 Å². The molecule has 1 aromatic carbocycles. The van der Waals surface area contributed by atoms with Gasteiger partial charge in [-0.25, -0.2) is 0 Å². The molecular weight excluding hydrogens is 194 g/mol. The molecule has 0 radical (unpaired) electrons. The Hall–Kier alpha value is -0.820. The minimum absolute atomic E-state index is 0.894. The summed E-state index contributed by atoms with van der Waals surface area (Å²) >= 11 is 0. The van der Waals surface area contributed by atoms with Crippen LogP contribution in [0.25, 0.3) is 0 Å². The molecule has 1 heteroatoms. The molecule has 86 valence electrons. The second kappa shape index (κ2) is 4.58. The molecule has 0 saturated heterocycles. The van der Waals surface area contributed by atoms with Crippen molar-refractivity contribution >= 4 is 0 Å². The molecule has 2 aliphatic rings. The lowest BCUT2D eigenvalue weighted by Crippen LogP contribution is -2.48. The van der Waals surface area contributed by atoms with Crippen LogP contribution in [-0.2, 0) is 6.54 Å². The Bertz CT molecular complexity index is 311. The van der Waals surface area contributed by atoms with Gasteiger partial charge in [-0.3, -0.25) is 4.90 Å². The van der Waals surface area contributed by atoms with Crippen molar-refractivity contribution in [2.24, 2.45) is 0 Å². The highest BCUT2D eigenvalue weighted by Gasteiger charge is 2.33. The molecule has 0 unspecified atom stereocenters. The molecule has 0 atom stereocenters. The van der Waals surface area contributed by atoms with Crippen molar-refractivity contribution in [1.29, 1.82) is 0 Å². The predicted molar refractivity (Wildman–Crippen MR) is 67.3 cm³/mol. The summed E-state index contributed by atoms with van der Waals surface area (Å²) < 4.78 is 0. The van der Waals surface area contributed by atoms with E-state index in [0.717, 1.165) is 12.1 Å². The van der Waals surface area contributed by atoms with Gasteiger partial charge in [0, 0.05) is 18.6 Å². The molecule has 1 aromatic rings. The van der Waals surface area contributed by atoms with Crippen LogP contribution >= 0.6 is 0 Å². The van der Waals surface area contributed by atoms with Gasteiger partial charge in [-0.1, -0.05) is 43.2 Å². The van der Waals surface area contributed by atoms with Crippen molar-refractivity contribution in [2.75, 3.05) is 0 Å². The first-order valence-corrected chi connectivity index (χ1v) is 6.73. The molecule has 0 amide bonds. The first-order valence-electron chi connectivity index (χ1n) is 6.73. The van der Waals surface area contributed by atoms with Gasteiger partial charge in [-0.15, -0.1) is 0 Å². The third kappa shape index (κ3) is 2.01. The molecular formula is C15H21N. The van der Waals surface area contributed by atoms with E-state index < -0.39 is 0 Å². The Morgan fingerprint density at radius 1 is 0.875 bits per heavy atom. The number of hydrogen-bond donors (Lipinski definition) is 0. The lowest BCUT2D eigenvalue weighted by Gasteiger charge is -2.46. The highest BCUT2D eigenvalue weighted by atomic mass is 15.2. The zero-order valence-corrected chi connectivity index (χ0v) is 9.94. The second-order valence-corrected chi connectivity index (χ2v) is 5.33. The topological polar surface area (TPSA) is 3.24 Å². The molecule has 0 N–H and O–H groups in total. The average Bonchev–Trinajstić information content (AvgIpc) is 2.13. The Kier molecular flexibility index (Phi) is 2.96. The van der Waals surface area contributed by atoms with Crippen LogP contribution in [0.3, 0.4) is 0 Å². The van der Waals surface area contributed by atoms with Crippen molar-refractivity contribution in [3.63, 3.8) is 0 Å². The van der Waals surface area contributed by atoms with Crippen LogP contribution in [0.5, 0.6) is 0 Å². The van der Waals surface area contributed by atoms with Gasteiger partial charge in [0.25, 0.3) is 0 Å². The molecule has 1 nitrogen and oxygen atoms in total. The van der Waals surface area contributed by atoms with E-state index >= 15 is 0 Å². The summed E-state index contributed by atoms with van der Waals surface area (Å²) in [5.74, 6) is 0. The zero-order chi connectivity index (χ0) is 10.8. The summed E-state index contributed by atoms with van der Waals surface area (Å²) in [4.78, 5) is 2.78. The van der Waals surface area contributed by atoms with Crippen LogP contribution in [0, 0.1) is 0 Å². The van der Waals surface area contributed by atoms with E-state index in [1.165, 1.54) is 50.6 Å². The van der Waals surface area contributed by atoms with Gasteiger partial charge in [0.2, 0.25) is 0 Å². The maximum atomic E-state index is 2.78. The van der Waals surface area contributed by atoms with E-state index in [9.17, 15) is 0 Å². The molecule has 0 heterocycles. The number of nitrogens with zero attached hydrogens (tertiary/aromatic N) is 1. The molecule has 2 fully saturated rings. The van der Waals surface area contributed by atoms with Gasteiger partial charge >= 0.3 is 0 Å². The smallest absolute Gasteiger partial charge is 0.0239 e. The number of rotatable bonds is 4. The fourth-order valence-corrected chi connectivity index (χ4v) is 2.79. The maximum absolute atomic E-state index is 2.78. The first kappa shape index (κ1) is 10.3. The van der Waals surface area contributed by atoms with Crippen molar-refractivity contribution in [3.05, 3.63) is 35.9 Å². The SMILES string of the molecule is c1ccc(CN(C2CCC2)C2CCC2)cc1. The highest BCUT2D eigenvalue weighted by Crippen LogP contribution is 2.34. The van der Waals surface area contributed by atoms with Crippen LogP contribution in [0.4, 0.5) is 0 Å². The quantitative estimate of drug-likeness (QED) is 0.742. The summed E-state index contributed by atoms with van der Waals surface area (Å²) in [6, 6.07) is 12.8. The molecule has 16 heavy (non-hydrogen) atoms. The van der Waals surface area contributed by atoms with Gasteiger partial charge in [-0.05, 0) is 31.2 Å². The van der Waals surface area contributed by atoms with Crippen LogP contribution in [0.2, 0.25) is 0 Å². The van der Waals surface area contributed by atoms with Gasteiger partial charge in [-0.2, -0.15) is 0 Å². The molecule has 0 aromatic heterocycles. The first-order chi connectivity index (χ1) is 7.93. The molecule has 3 rings (SSSR count). The van der Waals surface area contributed by atoms with E-state index in [1.807, 2.05) is 0 Å². The normalized spacial score (nSPS) is 21.8. The summed E-state index contributed by atoms with van der Waals surface area (Å²) in [5, 5.41) is 0. The molecule has 2 saturated carbocycles. The van der Waals surface area contributed by atoms with Gasteiger partial charge in [0.15, 0.2) is 0 Å². The van der Waals surface area contributed by atoms with Crippen LogP contribution in [-0.4, -0.2) is 17.0 Å². The van der Waals surface area contributed by atoms with E-state index in [4.69, 9.17) is 0 Å². The Morgan fingerprint density at radius 3 is 1.88 bits per heavy atom. The van der Waals surface area contributed by atoms with Crippen molar-refractivity contribution in [2.45, 2.75) is 57.2 Å². The molecule has 0 spiro atoms. The standard InChI is InChI=1S/C15H21N/c1-2-6-13(7-3-1)12-16(14-8-4-9-14)15-10-5-11-15/h1-3,6-7,14-15H,4-5,8-12H2. The Morgan fingerprint density at radius 2 is 1.44 bits per heavy atom. The fourth-order valence-electron chi connectivity index (χ4n) is 2.79. The summed E-state index contributed by atoms with van der Waals surface area (Å²) in [5.41, 5.74) is 1.49. The zero-order valence-electron chi connectivity index (χ0n) is 9.94. The van der Waals surface area contributed by atoms with E-state index in [2.05, 4.69) is 35.2 Å². The van der Waals surface area contributed by atoms with Crippen molar-refractivity contribution in [3.8, 4) is 0 Å². The average molecular weight is 215 g/mol. The van der Waals surface area contributed by atoms with Gasteiger partial charge in [0.1, 0.15) is 0 Å². The lowest BCUT2D eigenvalue weighted by atomic mass is 9.84. The molecule has 0 bridgehead atoms. The van der Waals surface area contributed by atoms with E-state index in [0.29, 0.717) is 0 Å². The number of hydrogen-bond acceptors (Lipinski definition) is 1. The third-order valence-corrected chi connectivity index (χ3v) is 4.30. The number of benzene rings is 1. The minimum atomic E-state index is 0.894. The monoisotopic (exact) mass is 215 g/mol. The van der Waals surface area contributed by atoms with Crippen LogP contribution < -0.4 is 0 Å². The third-order valence-electron chi connectivity index (χ3n) is 4.30. The van der Waals surface area contributed by atoms with E-state index in [-0.39, 0.29) is 0 Å². The summed E-state index contributed by atoms with van der Waals surface area (Å²) in [7, 11) is 0. The largest absolute Gasteiger partial charge is 0.293 e. The van der Waals surface area contributed by atoms with Gasteiger partial charge < -0.3 is 0 Å². The van der Waals surface area contributed by atoms with Crippen molar-refractivity contribution in [1.82, 2.24) is 4.90 Å². The minimum Gasteiger partial charge on any atom is -0.293 e. The molecule has 0 aliphatic heterocycles. The second-order valence-electron chi connectivity index (χ2n) is 5.33. The molecule has 2 aliphatic carbocycles. The Labute approximate surface area is 98.5 Å². The summed E-state index contributed by atoms with van der Waals surface area (Å²) in [6.45, 7) is 1.18. The lowest BCUT2D eigenvalue weighted by molar-refractivity contribution is 0.0332. The maximum Gasteiger partial charge on any atom is 0.0239 e. The van der Waals surface area contributed by atoms with Crippen molar-refractivity contribution < 1.29 is 0 Å². The van der Waals surface area contributed by atoms with Gasteiger partial charge in [0.05, 0.1) is 0 Å². The highest BCUT2D eigenvalue weighted by molar-refractivity contribution is 5.15.